The van der Waals surface area contributed by atoms with Crippen molar-refractivity contribution in [2.45, 2.75) is 20.0 Å². The molecule has 0 aromatic carbocycles. The van der Waals surface area contributed by atoms with Gasteiger partial charge in [0.05, 0.1) is 6.61 Å². The monoisotopic (exact) mass is 146 g/mol. The van der Waals surface area contributed by atoms with E-state index in [0.29, 0.717) is 0 Å². The van der Waals surface area contributed by atoms with Crippen LogP contribution in [0, 0.1) is 10.8 Å². The lowest BCUT2D eigenvalue weighted by atomic mass is 9.87. The van der Waals surface area contributed by atoms with Crippen LogP contribution in [0.4, 0.5) is 0 Å². The summed E-state index contributed by atoms with van der Waals surface area (Å²) in [6.07, 6.45) is -1.06. The molecule has 0 rings (SSSR count). The van der Waals surface area contributed by atoms with Gasteiger partial charge in [0.2, 0.25) is 0 Å². The van der Waals surface area contributed by atoms with Gasteiger partial charge in [0, 0.05) is 5.41 Å². The number of aliphatic hydroxyl groups is 2. The lowest BCUT2D eigenvalue weighted by molar-refractivity contribution is 0.0488. The van der Waals surface area contributed by atoms with E-state index in [4.69, 9.17) is 21.4 Å². The number of rotatable bonds is 3. The predicted molar refractivity (Wildman–Crippen MR) is 38.8 cm³/mol. The van der Waals surface area contributed by atoms with E-state index in [2.05, 4.69) is 0 Å². The van der Waals surface area contributed by atoms with Gasteiger partial charge in [-0.25, -0.2) is 0 Å². The topological polar surface area (TPSA) is 90.3 Å². The number of hydrogen-bond acceptors (Lipinski definition) is 3. The predicted octanol–water partition coefficient (Wildman–Crippen LogP) is -0.698. The van der Waals surface area contributed by atoms with E-state index < -0.39 is 11.5 Å². The van der Waals surface area contributed by atoms with Gasteiger partial charge in [0.1, 0.15) is 11.9 Å². The van der Waals surface area contributed by atoms with Crippen LogP contribution >= 0.6 is 0 Å². The number of nitrogens with one attached hydrogen (secondary N) is 1. The van der Waals surface area contributed by atoms with E-state index in [1.165, 1.54) is 0 Å². The molecular formula is C6H14N2O2. The summed E-state index contributed by atoms with van der Waals surface area (Å²) in [5.74, 6) is -0.306. The minimum atomic E-state index is -1.06. The molecule has 1 atom stereocenters. The van der Waals surface area contributed by atoms with Gasteiger partial charge in [-0.1, -0.05) is 13.8 Å². The maximum Gasteiger partial charge on any atom is 0.121 e. The summed E-state index contributed by atoms with van der Waals surface area (Å²) in [7, 11) is 0. The maximum absolute atomic E-state index is 9.14. The van der Waals surface area contributed by atoms with Gasteiger partial charge in [-0.2, -0.15) is 0 Å². The van der Waals surface area contributed by atoms with Crippen molar-refractivity contribution < 1.29 is 10.2 Å². The molecule has 4 nitrogen and oxygen atoms in total. The molecule has 0 aliphatic rings. The van der Waals surface area contributed by atoms with Crippen LogP contribution in [-0.4, -0.2) is 28.8 Å². The van der Waals surface area contributed by atoms with Crippen molar-refractivity contribution in [3.63, 3.8) is 0 Å². The lowest BCUT2D eigenvalue weighted by Crippen LogP contribution is -2.42. The molecule has 0 bridgehead atoms. The number of aliphatic hydroxyl groups excluding tert-OH is 2. The van der Waals surface area contributed by atoms with Gasteiger partial charge in [0.25, 0.3) is 0 Å². The first-order valence-electron chi connectivity index (χ1n) is 3.04. The maximum atomic E-state index is 9.14. The molecule has 0 saturated heterocycles. The van der Waals surface area contributed by atoms with Gasteiger partial charge in [-0.05, 0) is 0 Å². The fraction of sp³-hybridized carbons (Fsp3) is 0.833. The van der Waals surface area contributed by atoms with Crippen LogP contribution in [0.1, 0.15) is 13.8 Å². The van der Waals surface area contributed by atoms with E-state index in [0.717, 1.165) is 0 Å². The second-order valence-electron chi connectivity index (χ2n) is 3.00. The van der Waals surface area contributed by atoms with Crippen molar-refractivity contribution >= 4 is 5.84 Å². The molecular weight excluding hydrogens is 132 g/mol. The summed E-state index contributed by atoms with van der Waals surface area (Å²) < 4.78 is 0. The molecule has 0 fully saturated rings. The van der Waals surface area contributed by atoms with Crippen LogP contribution in [0.3, 0.4) is 0 Å². The molecule has 10 heavy (non-hydrogen) atoms. The van der Waals surface area contributed by atoms with Crippen LogP contribution in [0.25, 0.3) is 0 Å². The first kappa shape index (κ1) is 9.39. The Kier molecular flexibility index (Phi) is 2.80. The molecule has 0 aromatic rings. The Morgan fingerprint density at radius 2 is 2.10 bits per heavy atom. The lowest BCUT2D eigenvalue weighted by Gasteiger charge is -2.26. The summed E-state index contributed by atoms with van der Waals surface area (Å²) in [5.41, 5.74) is 4.30. The largest absolute Gasteiger partial charge is 0.396 e. The van der Waals surface area contributed by atoms with E-state index in [-0.39, 0.29) is 12.4 Å². The highest BCUT2D eigenvalue weighted by Gasteiger charge is 2.28. The third kappa shape index (κ3) is 1.97. The van der Waals surface area contributed by atoms with Crippen molar-refractivity contribution in [3.8, 4) is 0 Å². The highest BCUT2D eigenvalue weighted by molar-refractivity contribution is 5.82. The Bertz CT molecular complexity index is 134. The highest BCUT2D eigenvalue weighted by Crippen LogP contribution is 2.18. The van der Waals surface area contributed by atoms with E-state index in [9.17, 15) is 0 Å². The van der Waals surface area contributed by atoms with Crippen molar-refractivity contribution in [1.29, 1.82) is 5.41 Å². The zero-order chi connectivity index (χ0) is 8.36. The van der Waals surface area contributed by atoms with Crippen molar-refractivity contribution in [1.82, 2.24) is 0 Å². The third-order valence-corrected chi connectivity index (χ3v) is 1.44. The molecule has 0 radical (unpaired) electrons. The van der Waals surface area contributed by atoms with Gasteiger partial charge >= 0.3 is 0 Å². The second-order valence-corrected chi connectivity index (χ2v) is 3.00. The van der Waals surface area contributed by atoms with Gasteiger partial charge in [-0.15, -0.1) is 0 Å². The molecule has 0 aliphatic carbocycles. The smallest absolute Gasteiger partial charge is 0.121 e. The minimum absolute atomic E-state index is 0.187. The summed E-state index contributed by atoms with van der Waals surface area (Å²) in [4.78, 5) is 0. The molecule has 0 aliphatic heterocycles. The highest BCUT2D eigenvalue weighted by atomic mass is 16.3. The second kappa shape index (κ2) is 2.98. The van der Waals surface area contributed by atoms with Gasteiger partial charge < -0.3 is 15.9 Å². The fourth-order valence-corrected chi connectivity index (χ4v) is 0.507. The average Bonchev–Trinajstić information content (AvgIpc) is 1.86. The zero-order valence-corrected chi connectivity index (χ0v) is 6.26. The van der Waals surface area contributed by atoms with Crippen molar-refractivity contribution in [2.75, 3.05) is 6.61 Å². The van der Waals surface area contributed by atoms with E-state index in [1.54, 1.807) is 13.8 Å². The van der Waals surface area contributed by atoms with E-state index in [1.807, 2.05) is 0 Å². The van der Waals surface area contributed by atoms with E-state index >= 15 is 0 Å². The molecule has 0 aromatic heterocycles. The standard InChI is InChI=1S/C6H14N2O2/c1-6(2,3-9)4(10)5(7)8/h4,9-10H,3H2,1-2H3,(H3,7,8). The van der Waals surface area contributed by atoms with Gasteiger partial charge in [-0.3, -0.25) is 5.41 Å². The average molecular weight is 146 g/mol. The third-order valence-electron chi connectivity index (χ3n) is 1.44. The Balaban J connectivity index is 4.17. The molecule has 0 spiro atoms. The molecule has 5 N–H and O–H groups in total. The molecule has 0 amide bonds. The fourth-order valence-electron chi connectivity index (χ4n) is 0.507. The molecule has 0 heterocycles. The first-order chi connectivity index (χ1) is 4.41. The Morgan fingerprint density at radius 1 is 1.70 bits per heavy atom. The summed E-state index contributed by atoms with van der Waals surface area (Å²) >= 11 is 0. The normalized spacial score (nSPS) is 14.8. The van der Waals surface area contributed by atoms with Crippen LogP contribution < -0.4 is 5.73 Å². The summed E-state index contributed by atoms with van der Waals surface area (Å²) in [6, 6.07) is 0. The molecule has 60 valence electrons. The zero-order valence-electron chi connectivity index (χ0n) is 6.26. The number of nitrogens with two attached hydrogens (primary N) is 1. The Morgan fingerprint density at radius 3 is 2.20 bits per heavy atom. The summed E-state index contributed by atoms with van der Waals surface area (Å²) in [5, 5.41) is 24.7. The summed E-state index contributed by atoms with van der Waals surface area (Å²) in [6.45, 7) is 3.09. The van der Waals surface area contributed by atoms with Crippen LogP contribution in [0.5, 0.6) is 0 Å². The van der Waals surface area contributed by atoms with Gasteiger partial charge in [0.15, 0.2) is 0 Å². The number of amidine groups is 1. The van der Waals surface area contributed by atoms with Crippen LogP contribution in [0.15, 0.2) is 0 Å². The Labute approximate surface area is 60.2 Å². The number of hydrogen-bond donors (Lipinski definition) is 4. The first-order valence-corrected chi connectivity index (χ1v) is 3.04. The SMILES string of the molecule is CC(C)(CO)C(O)C(=N)N. The quantitative estimate of drug-likeness (QED) is 0.313. The minimum Gasteiger partial charge on any atom is -0.396 e. The molecule has 1 unspecified atom stereocenters. The van der Waals surface area contributed by atoms with Crippen LogP contribution in [0.2, 0.25) is 0 Å². The molecule has 0 saturated carbocycles. The van der Waals surface area contributed by atoms with Crippen molar-refractivity contribution in [2.24, 2.45) is 11.1 Å². The molecule has 4 heteroatoms. The van der Waals surface area contributed by atoms with Crippen molar-refractivity contribution in [3.05, 3.63) is 0 Å². The Hall–Kier alpha value is -0.610. The van der Waals surface area contributed by atoms with Crippen LogP contribution in [-0.2, 0) is 0 Å².